The number of hydrogen-bond acceptors (Lipinski definition) is 3. The van der Waals surface area contributed by atoms with Crippen LogP contribution in [0.4, 0.5) is 0 Å². The lowest BCUT2D eigenvalue weighted by Crippen LogP contribution is -2.41. The lowest BCUT2D eigenvalue weighted by atomic mass is 9.97. The van der Waals surface area contributed by atoms with Crippen LogP contribution in [0.5, 0.6) is 0 Å². The van der Waals surface area contributed by atoms with Gasteiger partial charge in [0.2, 0.25) is 5.91 Å². The molecule has 108 valence electrons. The van der Waals surface area contributed by atoms with Crippen molar-refractivity contribution < 1.29 is 19.8 Å². The number of carbonyl (C=O) groups is 2. The first-order valence-electron chi connectivity index (χ1n) is 6.81. The number of aliphatic hydroxyl groups excluding tert-OH is 1. The number of amides is 1. The molecule has 0 saturated carbocycles. The minimum atomic E-state index is -1.01. The molecule has 2 N–H and O–H groups in total. The fourth-order valence-electron chi connectivity index (χ4n) is 2.60. The number of piperidine rings is 1. The van der Waals surface area contributed by atoms with Gasteiger partial charge in [0.1, 0.15) is 0 Å². The van der Waals surface area contributed by atoms with Gasteiger partial charge in [-0.2, -0.15) is 0 Å². The van der Waals surface area contributed by atoms with Crippen molar-refractivity contribution in [3.8, 4) is 0 Å². The molecule has 0 radical (unpaired) electrons. The molecule has 0 bridgehead atoms. The standard InChI is InChI=1S/C15H19NO4/c17-10-11-4-3-7-16(9-11)14(18)8-12-5-1-2-6-13(12)15(19)20/h1-2,5-6,11,17H,3-4,7-10H2,(H,19,20). The molecule has 1 aliphatic rings. The predicted molar refractivity (Wildman–Crippen MR) is 73.5 cm³/mol. The van der Waals surface area contributed by atoms with Crippen LogP contribution in [-0.4, -0.2) is 46.7 Å². The Bertz CT molecular complexity index is 500. The number of aliphatic hydroxyl groups is 1. The summed E-state index contributed by atoms with van der Waals surface area (Å²) in [6, 6.07) is 6.58. The fourth-order valence-corrected chi connectivity index (χ4v) is 2.60. The van der Waals surface area contributed by atoms with E-state index in [0.717, 1.165) is 12.8 Å². The van der Waals surface area contributed by atoms with Crippen LogP contribution in [0.1, 0.15) is 28.8 Å². The molecule has 1 heterocycles. The van der Waals surface area contributed by atoms with Gasteiger partial charge in [-0.05, 0) is 30.4 Å². The van der Waals surface area contributed by atoms with E-state index in [0.29, 0.717) is 18.7 Å². The van der Waals surface area contributed by atoms with Gasteiger partial charge >= 0.3 is 5.97 Å². The molecule has 1 atom stereocenters. The van der Waals surface area contributed by atoms with Gasteiger partial charge in [-0.25, -0.2) is 4.79 Å². The lowest BCUT2D eigenvalue weighted by Gasteiger charge is -2.32. The van der Waals surface area contributed by atoms with Crippen LogP contribution in [0.3, 0.4) is 0 Å². The first-order chi connectivity index (χ1) is 9.61. The number of benzene rings is 1. The van der Waals surface area contributed by atoms with Crippen LogP contribution in [0, 0.1) is 5.92 Å². The van der Waals surface area contributed by atoms with Crippen molar-refractivity contribution >= 4 is 11.9 Å². The number of carboxylic acids is 1. The number of aromatic carboxylic acids is 1. The molecular formula is C15H19NO4. The Kier molecular flexibility index (Phi) is 4.74. The van der Waals surface area contributed by atoms with E-state index in [1.54, 1.807) is 23.1 Å². The Morgan fingerprint density at radius 3 is 2.75 bits per heavy atom. The average molecular weight is 277 g/mol. The zero-order valence-electron chi connectivity index (χ0n) is 11.3. The van der Waals surface area contributed by atoms with Crippen LogP contribution in [-0.2, 0) is 11.2 Å². The quantitative estimate of drug-likeness (QED) is 0.865. The molecule has 5 nitrogen and oxygen atoms in total. The molecule has 1 unspecified atom stereocenters. The maximum atomic E-state index is 12.3. The first-order valence-corrected chi connectivity index (χ1v) is 6.81. The molecule has 2 rings (SSSR count). The smallest absolute Gasteiger partial charge is 0.335 e. The molecule has 1 aromatic carbocycles. The van der Waals surface area contributed by atoms with Crippen molar-refractivity contribution in [2.75, 3.05) is 19.7 Å². The average Bonchev–Trinajstić information content (AvgIpc) is 2.47. The normalized spacial score (nSPS) is 18.9. The number of rotatable bonds is 4. The van der Waals surface area contributed by atoms with Gasteiger partial charge in [-0.3, -0.25) is 4.79 Å². The molecule has 20 heavy (non-hydrogen) atoms. The zero-order chi connectivity index (χ0) is 14.5. The monoisotopic (exact) mass is 277 g/mol. The summed E-state index contributed by atoms with van der Waals surface area (Å²) >= 11 is 0. The second-order valence-electron chi connectivity index (χ2n) is 5.17. The van der Waals surface area contributed by atoms with Crippen LogP contribution in [0.2, 0.25) is 0 Å². The summed E-state index contributed by atoms with van der Waals surface area (Å²) in [5.74, 6) is -0.945. The minimum Gasteiger partial charge on any atom is -0.478 e. The Balaban J connectivity index is 2.06. The summed E-state index contributed by atoms with van der Waals surface area (Å²) in [6.07, 6.45) is 1.92. The summed E-state index contributed by atoms with van der Waals surface area (Å²) in [5.41, 5.74) is 0.715. The largest absolute Gasteiger partial charge is 0.478 e. The highest BCUT2D eigenvalue weighted by Crippen LogP contribution is 2.18. The third kappa shape index (κ3) is 3.36. The van der Waals surface area contributed by atoms with E-state index >= 15 is 0 Å². The zero-order valence-corrected chi connectivity index (χ0v) is 11.3. The second-order valence-corrected chi connectivity index (χ2v) is 5.17. The summed E-state index contributed by atoms with van der Waals surface area (Å²) in [6.45, 7) is 1.34. The molecule has 0 spiro atoms. The third-order valence-electron chi connectivity index (χ3n) is 3.72. The molecule has 1 aromatic rings. The Morgan fingerprint density at radius 1 is 1.30 bits per heavy atom. The van der Waals surface area contributed by atoms with Gasteiger partial charge in [-0.15, -0.1) is 0 Å². The predicted octanol–water partition coefficient (Wildman–Crippen LogP) is 1.16. The summed E-state index contributed by atoms with van der Waals surface area (Å²) in [4.78, 5) is 25.1. The molecule has 1 aliphatic heterocycles. The van der Waals surface area contributed by atoms with Crippen LogP contribution >= 0.6 is 0 Å². The minimum absolute atomic E-state index is 0.0724. The number of carbonyl (C=O) groups excluding carboxylic acids is 1. The van der Waals surface area contributed by atoms with Crippen LogP contribution in [0.25, 0.3) is 0 Å². The summed E-state index contributed by atoms with van der Waals surface area (Å²) < 4.78 is 0. The number of carboxylic acid groups (broad SMARTS) is 1. The SMILES string of the molecule is O=C(O)c1ccccc1CC(=O)N1CCCC(CO)C1. The number of likely N-dealkylation sites (tertiary alicyclic amines) is 1. The highest BCUT2D eigenvalue weighted by Gasteiger charge is 2.24. The van der Waals surface area contributed by atoms with Crippen molar-refractivity contribution in [3.05, 3.63) is 35.4 Å². The van der Waals surface area contributed by atoms with Gasteiger partial charge in [-0.1, -0.05) is 18.2 Å². The molecule has 0 aliphatic carbocycles. The van der Waals surface area contributed by atoms with E-state index < -0.39 is 5.97 Å². The molecule has 5 heteroatoms. The van der Waals surface area contributed by atoms with E-state index in [1.807, 2.05) is 0 Å². The van der Waals surface area contributed by atoms with Crippen molar-refractivity contribution in [3.63, 3.8) is 0 Å². The summed E-state index contributed by atoms with van der Waals surface area (Å²) in [7, 11) is 0. The van der Waals surface area contributed by atoms with Gasteiger partial charge in [0.05, 0.1) is 12.0 Å². The van der Waals surface area contributed by atoms with Crippen molar-refractivity contribution in [2.24, 2.45) is 5.92 Å². The van der Waals surface area contributed by atoms with E-state index in [-0.39, 0.29) is 30.4 Å². The maximum absolute atomic E-state index is 12.3. The van der Waals surface area contributed by atoms with Crippen molar-refractivity contribution in [1.29, 1.82) is 0 Å². The summed E-state index contributed by atoms with van der Waals surface area (Å²) in [5, 5.41) is 18.3. The molecule has 1 amide bonds. The van der Waals surface area contributed by atoms with Gasteiger partial charge < -0.3 is 15.1 Å². The van der Waals surface area contributed by atoms with Gasteiger partial charge in [0, 0.05) is 19.7 Å². The third-order valence-corrected chi connectivity index (χ3v) is 3.72. The molecule has 0 aromatic heterocycles. The molecular weight excluding hydrogens is 258 g/mol. The molecule has 1 fully saturated rings. The van der Waals surface area contributed by atoms with E-state index in [4.69, 9.17) is 5.11 Å². The van der Waals surface area contributed by atoms with Gasteiger partial charge in [0.15, 0.2) is 0 Å². The van der Waals surface area contributed by atoms with Crippen molar-refractivity contribution in [1.82, 2.24) is 4.90 Å². The number of hydrogen-bond donors (Lipinski definition) is 2. The highest BCUT2D eigenvalue weighted by atomic mass is 16.4. The second kappa shape index (κ2) is 6.52. The number of nitrogens with zero attached hydrogens (tertiary/aromatic N) is 1. The molecule has 1 saturated heterocycles. The first kappa shape index (κ1) is 14.5. The lowest BCUT2D eigenvalue weighted by molar-refractivity contribution is -0.132. The van der Waals surface area contributed by atoms with E-state index in [1.165, 1.54) is 6.07 Å². The van der Waals surface area contributed by atoms with E-state index in [9.17, 15) is 14.7 Å². The highest BCUT2D eigenvalue weighted by molar-refractivity contribution is 5.91. The maximum Gasteiger partial charge on any atom is 0.335 e. The van der Waals surface area contributed by atoms with Crippen LogP contribution < -0.4 is 0 Å². The van der Waals surface area contributed by atoms with Crippen molar-refractivity contribution in [2.45, 2.75) is 19.3 Å². The Hall–Kier alpha value is -1.88. The van der Waals surface area contributed by atoms with Crippen LogP contribution in [0.15, 0.2) is 24.3 Å². The van der Waals surface area contributed by atoms with Gasteiger partial charge in [0.25, 0.3) is 0 Å². The topological polar surface area (TPSA) is 77.8 Å². The Labute approximate surface area is 117 Å². The fraction of sp³-hybridized carbons (Fsp3) is 0.467. The van der Waals surface area contributed by atoms with E-state index in [2.05, 4.69) is 0 Å². The Morgan fingerprint density at radius 2 is 2.05 bits per heavy atom.